The van der Waals surface area contributed by atoms with E-state index >= 15 is 0 Å². The van der Waals surface area contributed by atoms with E-state index in [4.69, 9.17) is 5.26 Å². The van der Waals surface area contributed by atoms with E-state index in [2.05, 4.69) is 20.4 Å². The summed E-state index contributed by atoms with van der Waals surface area (Å²) in [7, 11) is 0. The molecule has 1 amide bonds. The summed E-state index contributed by atoms with van der Waals surface area (Å²) in [5.41, 5.74) is 2.17. The van der Waals surface area contributed by atoms with Gasteiger partial charge in [-0.1, -0.05) is 0 Å². The number of amides is 1. The molecule has 25 heavy (non-hydrogen) atoms. The predicted octanol–water partition coefficient (Wildman–Crippen LogP) is 1.98. The molecule has 3 aromatic heterocycles. The van der Waals surface area contributed by atoms with E-state index in [-0.39, 0.29) is 5.91 Å². The number of nitrogens with one attached hydrogen (secondary N) is 1. The van der Waals surface area contributed by atoms with Crippen LogP contribution >= 0.6 is 0 Å². The minimum atomic E-state index is 0.0229. The highest BCUT2D eigenvalue weighted by Crippen LogP contribution is 2.20. The largest absolute Gasteiger partial charge is 0.339 e. The molecule has 3 aromatic rings. The topological polar surface area (TPSA) is 99.2 Å². The molecule has 0 aromatic carbocycles. The second-order valence-electron chi connectivity index (χ2n) is 5.79. The molecule has 8 nitrogen and oxygen atoms in total. The standard InChI is InChI=1S/C17H15N7O/c18-9-13-11-20-16-14(5-6-21-24(13)16)22-15-4-3-12(10-19-15)17(25)23-7-1-2-8-23/h3-6,10-11H,1-2,7-8H2,(H,19,22). The van der Waals surface area contributed by atoms with Gasteiger partial charge in [0.05, 0.1) is 23.6 Å². The summed E-state index contributed by atoms with van der Waals surface area (Å²) in [6.07, 6.45) is 6.76. The van der Waals surface area contributed by atoms with Crippen LogP contribution < -0.4 is 5.32 Å². The molecule has 0 spiro atoms. The zero-order chi connectivity index (χ0) is 17.2. The SMILES string of the molecule is N#Cc1cnc2c(Nc3ccc(C(=O)N4CCCC4)cn3)ccnn12. The number of rotatable bonds is 3. The molecule has 1 fully saturated rings. The molecule has 0 aliphatic carbocycles. The van der Waals surface area contributed by atoms with Crippen molar-refractivity contribution < 1.29 is 4.79 Å². The van der Waals surface area contributed by atoms with Crippen LogP contribution in [0.3, 0.4) is 0 Å². The number of aromatic nitrogens is 4. The number of carbonyl (C=O) groups excluding carboxylic acids is 1. The predicted molar refractivity (Wildman–Crippen MR) is 90.4 cm³/mol. The van der Waals surface area contributed by atoms with Crippen LogP contribution in [0, 0.1) is 11.3 Å². The second kappa shape index (κ2) is 6.20. The molecule has 0 radical (unpaired) electrons. The summed E-state index contributed by atoms with van der Waals surface area (Å²) >= 11 is 0. The maximum Gasteiger partial charge on any atom is 0.255 e. The third-order valence-corrected chi connectivity index (χ3v) is 4.18. The lowest BCUT2D eigenvalue weighted by Gasteiger charge is -2.15. The number of likely N-dealkylation sites (tertiary alicyclic amines) is 1. The highest BCUT2D eigenvalue weighted by molar-refractivity contribution is 5.94. The van der Waals surface area contributed by atoms with Crippen LogP contribution in [0.2, 0.25) is 0 Å². The molecule has 1 aliphatic heterocycles. The fourth-order valence-electron chi connectivity index (χ4n) is 2.90. The first kappa shape index (κ1) is 15.1. The molecule has 1 aliphatic rings. The van der Waals surface area contributed by atoms with E-state index in [1.165, 1.54) is 10.7 Å². The number of hydrogen-bond acceptors (Lipinski definition) is 6. The van der Waals surface area contributed by atoms with E-state index in [0.717, 1.165) is 25.9 Å². The first-order valence-electron chi connectivity index (χ1n) is 8.01. The van der Waals surface area contributed by atoms with Gasteiger partial charge in [0.1, 0.15) is 11.9 Å². The summed E-state index contributed by atoms with van der Waals surface area (Å²) in [5, 5.41) is 16.3. The summed E-state index contributed by atoms with van der Waals surface area (Å²) in [4.78, 5) is 22.7. The summed E-state index contributed by atoms with van der Waals surface area (Å²) in [5.74, 6) is 0.613. The summed E-state index contributed by atoms with van der Waals surface area (Å²) < 4.78 is 1.47. The van der Waals surface area contributed by atoms with Crippen LogP contribution in [0.25, 0.3) is 5.65 Å². The molecule has 1 saturated heterocycles. The van der Waals surface area contributed by atoms with Crippen LogP contribution in [0.1, 0.15) is 28.9 Å². The van der Waals surface area contributed by atoms with Crippen molar-refractivity contribution in [1.82, 2.24) is 24.5 Å². The average molecular weight is 333 g/mol. The Morgan fingerprint density at radius 1 is 1.16 bits per heavy atom. The van der Waals surface area contributed by atoms with Crippen molar-refractivity contribution in [3.8, 4) is 6.07 Å². The van der Waals surface area contributed by atoms with Gasteiger partial charge in [0.15, 0.2) is 11.3 Å². The van der Waals surface area contributed by atoms with Crippen LogP contribution in [0.15, 0.2) is 36.8 Å². The van der Waals surface area contributed by atoms with Gasteiger partial charge in [-0.05, 0) is 31.0 Å². The smallest absolute Gasteiger partial charge is 0.255 e. The number of fused-ring (bicyclic) bond motifs is 1. The maximum absolute atomic E-state index is 12.3. The highest BCUT2D eigenvalue weighted by Gasteiger charge is 2.19. The van der Waals surface area contributed by atoms with Crippen LogP contribution in [-0.4, -0.2) is 43.5 Å². The van der Waals surface area contributed by atoms with Gasteiger partial charge >= 0.3 is 0 Å². The van der Waals surface area contributed by atoms with Gasteiger partial charge < -0.3 is 10.2 Å². The molecule has 1 N–H and O–H groups in total. The van der Waals surface area contributed by atoms with Crippen molar-refractivity contribution in [3.05, 3.63) is 48.0 Å². The fraction of sp³-hybridized carbons (Fsp3) is 0.235. The van der Waals surface area contributed by atoms with Gasteiger partial charge in [-0.3, -0.25) is 4.79 Å². The Kier molecular flexibility index (Phi) is 3.74. The Morgan fingerprint density at radius 2 is 2.00 bits per heavy atom. The van der Waals surface area contributed by atoms with Gasteiger partial charge in [0.2, 0.25) is 0 Å². The third kappa shape index (κ3) is 2.76. The lowest BCUT2D eigenvalue weighted by Crippen LogP contribution is -2.27. The number of pyridine rings is 1. The second-order valence-corrected chi connectivity index (χ2v) is 5.79. The molecule has 0 atom stereocenters. The molecule has 0 saturated carbocycles. The van der Waals surface area contributed by atoms with Crippen molar-refractivity contribution in [3.63, 3.8) is 0 Å². The highest BCUT2D eigenvalue weighted by atomic mass is 16.2. The van der Waals surface area contributed by atoms with Gasteiger partial charge in [-0.25, -0.2) is 14.5 Å². The van der Waals surface area contributed by atoms with Crippen molar-refractivity contribution in [2.45, 2.75) is 12.8 Å². The number of imidazole rings is 1. The molecule has 8 heteroatoms. The average Bonchev–Trinajstić information content (AvgIpc) is 3.32. The van der Waals surface area contributed by atoms with Gasteiger partial charge in [-0.2, -0.15) is 10.4 Å². The number of nitriles is 1. The lowest BCUT2D eigenvalue weighted by molar-refractivity contribution is 0.0792. The quantitative estimate of drug-likeness (QED) is 0.787. The molecular weight excluding hydrogens is 318 g/mol. The van der Waals surface area contributed by atoms with Gasteiger partial charge in [0.25, 0.3) is 5.91 Å². The number of carbonyl (C=O) groups is 1. The van der Waals surface area contributed by atoms with E-state index in [1.807, 2.05) is 11.0 Å². The fourth-order valence-corrected chi connectivity index (χ4v) is 2.90. The molecule has 4 rings (SSSR count). The minimum absolute atomic E-state index is 0.0229. The molecule has 124 valence electrons. The zero-order valence-electron chi connectivity index (χ0n) is 13.4. The number of hydrogen-bond donors (Lipinski definition) is 1. The Morgan fingerprint density at radius 3 is 2.72 bits per heavy atom. The van der Waals surface area contributed by atoms with Gasteiger partial charge in [-0.15, -0.1) is 0 Å². The molecular formula is C17H15N7O. The normalized spacial score (nSPS) is 13.8. The summed E-state index contributed by atoms with van der Waals surface area (Å²) in [6.45, 7) is 1.63. The number of nitrogens with zero attached hydrogens (tertiary/aromatic N) is 6. The number of anilines is 2. The Hall–Kier alpha value is -3.47. The van der Waals surface area contributed by atoms with Crippen molar-refractivity contribution >= 4 is 23.1 Å². The van der Waals surface area contributed by atoms with Gasteiger partial charge in [0, 0.05) is 19.3 Å². The van der Waals surface area contributed by atoms with E-state index < -0.39 is 0 Å². The van der Waals surface area contributed by atoms with Crippen molar-refractivity contribution in [2.24, 2.45) is 0 Å². The zero-order valence-corrected chi connectivity index (χ0v) is 13.4. The van der Waals surface area contributed by atoms with Crippen molar-refractivity contribution in [2.75, 3.05) is 18.4 Å². The Bertz CT molecular complexity index is 965. The molecule has 0 bridgehead atoms. The molecule has 4 heterocycles. The van der Waals surface area contributed by atoms with Crippen LogP contribution in [-0.2, 0) is 0 Å². The monoisotopic (exact) mass is 333 g/mol. The van der Waals surface area contributed by atoms with E-state index in [0.29, 0.717) is 28.4 Å². The first-order chi connectivity index (χ1) is 12.3. The Balaban J connectivity index is 1.56. The van der Waals surface area contributed by atoms with E-state index in [1.54, 1.807) is 30.6 Å². The summed E-state index contributed by atoms with van der Waals surface area (Å²) in [6, 6.07) is 7.32. The third-order valence-electron chi connectivity index (χ3n) is 4.18. The van der Waals surface area contributed by atoms with E-state index in [9.17, 15) is 4.79 Å². The lowest BCUT2D eigenvalue weighted by atomic mass is 10.2. The maximum atomic E-state index is 12.3. The minimum Gasteiger partial charge on any atom is -0.339 e. The van der Waals surface area contributed by atoms with Crippen LogP contribution in [0.5, 0.6) is 0 Å². The Labute approximate surface area is 143 Å². The van der Waals surface area contributed by atoms with Crippen molar-refractivity contribution in [1.29, 1.82) is 5.26 Å². The first-order valence-corrected chi connectivity index (χ1v) is 8.01. The van der Waals surface area contributed by atoms with Crippen LogP contribution in [0.4, 0.5) is 11.5 Å². The molecule has 0 unspecified atom stereocenters.